The van der Waals surface area contributed by atoms with Crippen LogP contribution in [-0.4, -0.2) is 21.4 Å². The molecule has 1 aromatic carbocycles. The van der Waals surface area contributed by atoms with Crippen molar-refractivity contribution in [3.63, 3.8) is 0 Å². The molecule has 0 radical (unpaired) electrons. The fourth-order valence-electron chi connectivity index (χ4n) is 4.34. The first-order chi connectivity index (χ1) is 17.1. The van der Waals surface area contributed by atoms with Crippen molar-refractivity contribution in [3.05, 3.63) is 52.3 Å². The maximum absolute atomic E-state index is 11.8. The molecule has 0 aliphatic rings. The topological polar surface area (TPSA) is 93.0 Å². The van der Waals surface area contributed by atoms with Gasteiger partial charge in [-0.05, 0) is 18.9 Å². The smallest absolute Gasteiger partial charge is 0.353 e. The molecule has 1 aromatic heterocycles. The number of nitrogens with zero attached hydrogens (tertiary/aromatic N) is 3. The normalized spacial score (nSPS) is 11.8. The Balaban J connectivity index is 1.62. The molecule has 1 unspecified atom stereocenters. The van der Waals surface area contributed by atoms with E-state index >= 15 is 0 Å². The first-order valence-corrected chi connectivity index (χ1v) is 13.7. The number of benzene rings is 1. The average molecular weight is 484 g/mol. The highest BCUT2D eigenvalue weighted by Gasteiger charge is 2.24. The summed E-state index contributed by atoms with van der Waals surface area (Å²) in [4.78, 5) is 19.6. The number of hydrogen-bond acceptors (Lipinski definition) is 6. The number of nitro groups is 1. The van der Waals surface area contributed by atoms with Gasteiger partial charge in [0.05, 0.1) is 11.0 Å². The third-order valence-corrected chi connectivity index (χ3v) is 6.48. The minimum Gasteiger partial charge on any atom is -0.364 e. The van der Waals surface area contributed by atoms with Gasteiger partial charge >= 0.3 is 5.69 Å². The second-order valence-electron chi connectivity index (χ2n) is 9.48. The lowest BCUT2D eigenvalue weighted by atomic mass is 10.0. The molecule has 1 heterocycles. The maximum atomic E-state index is 11.8. The molecule has 0 saturated heterocycles. The Labute approximate surface area is 211 Å². The molecular weight excluding hydrogens is 438 g/mol. The molecule has 1 atom stereocenters. The van der Waals surface area contributed by atoms with Crippen molar-refractivity contribution in [1.82, 2.24) is 9.97 Å². The fourth-order valence-corrected chi connectivity index (χ4v) is 4.34. The van der Waals surface area contributed by atoms with E-state index in [4.69, 9.17) is 0 Å². The predicted octanol–water partition coefficient (Wildman–Crippen LogP) is 8.45. The Morgan fingerprint density at radius 2 is 1.31 bits per heavy atom. The summed E-state index contributed by atoms with van der Waals surface area (Å²) in [6.45, 7) is 4.90. The molecule has 0 spiro atoms. The van der Waals surface area contributed by atoms with Gasteiger partial charge in [0.15, 0.2) is 0 Å². The number of hydrogen-bond donors (Lipinski definition) is 2. The molecule has 35 heavy (non-hydrogen) atoms. The van der Waals surface area contributed by atoms with Crippen LogP contribution in [-0.2, 0) is 0 Å². The second kappa shape index (κ2) is 17.7. The van der Waals surface area contributed by atoms with E-state index in [0.29, 0.717) is 6.54 Å². The van der Waals surface area contributed by atoms with Crippen LogP contribution in [0.4, 0.5) is 17.3 Å². The van der Waals surface area contributed by atoms with Gasteiger partial charge in [-0.25, -0.2) is 9.97 Å². The summed E-state index contributed by atoms with van der Waals surface area (Å²) >= 11 is 0. The van der Waals surface area contributed by atoms with E-state index in [0.717, 1.165) is 18.4 Å². The largest absolute Gasteiger partial charge is 0.364 e. The van der Waals surface area contributed by atoms with Crippen LogP contribution in [0.2, 0.25) is 0 Å². The summed E-state index contributed by atoms with van der Waals surface area (Å²) in [5, 5.41) is 18.1. The number of nitrogens with one attached hydrogen (secondary N) is 2. The van der Waals surface area contributed by atoms with E-state index in [1.54, 1.807) is 0 Å². The quantitative estimate of drug-likeness (QED) is 0.111. The van der Waals surface area contributed by atoms with E-state index < -0.39 is 4.92 Å². The van der Waals surface area contributed by atoms with E-state index in [1.165, 1.54) is 83.4 Å². The standard InChI is InChI=1S/C28H45N5O2/c1-3-4-5-6-7-8-9-10-11-12-13-14-15-19-22-29-27-26(33(34)35)28(31-23-30-27)32-24(2)25-20-17-16-18-21-25/h16-18,20-21,23-24H,3-15,19,22H2,1-2H3,(H2,29,30,31,32). The molecule has 0 bridgehead atoms. The molecular formula is C28H45N5O2. The van der Waals surface area contributed by atoms with E-state index in [-0.39, 0.29) is 23.4 Å². The second-order valence-corrected chi connectivity index (χ2v) is 9.48. The SMILES string of the molecule is CCCCCCCCCCCCCCCCNc1ncnc(NC(C)c2ccccc2)c1[N+](=O)[O-]. The highest BCUT2D eigenvalue weighted by Crippen LogP contribution is 2.31. The highest BCUT2D eigenvalue weighted by molar-refractivity contribution is 5.69. The molecule has 0 fully saturated rings. The van der Waals surface area contributed by atoms with E-state index in [9.17, 15) is 10.1 Å². The minimum absolute atomic E-state index is 0.0966. The Hall–Kier alpha value is -2.70. The van der Waals surface area contributed by atoms with Gasteiger partial charge in [0.1, 0.15) is 6.33 Å². The van der Waals surface area contributed by atoms with Crippen LogP contribution >= 0.6 is 0 Å². The molecule has 194 valence electrons. The van der Waals surface area contributed by atoms with E-state index in [1.807, 2.05) is 37.3 Å². The predicted molar refractivity (Wildman–Crippen MR) is 146 cm³/mol. The lowest BCUT2D eigenvalue weighted by molar-refractivity contribution is -0.383. The average Bonchev–Trinajstić information content (AvgIpc) is 2.86. The molecule has 7 nitrogen and oxygen atoms in total. The van der Waals surface area contributed by atoms with Crippen LogP contribution in [0.5, 0.6) is 0 Å². The van der Waals surface area contributed by atoms with Gasteiger partial charge in [0.2, 0.25) is 11.6 Å². The van der Waals surface area contributed by atoms with Crippen molar-refractivity contribution in [2.45, 2.75) is 110 Å². The summed E-state index contributed by atoms with van der Waals surface area (Å²) in [5.41, 5.74) is 0.943. The van der Waals surface area contributed by atoms with Gasteiger partial charge in [-0.1, -0.05) is 121 Å². The van der Waals surface area contributed by atoms with Crippen molar-refractivity contribution in [2.24, 2.45) is 0 Å². The Kier molecular flexibility index (Phi) is 14.4. The Morgan fingerprint density at radius 1 is 0.800 bits per heavy atom. The zero-order valence-electron chi connectivity index (χ0n) is 21.8. The molecule has 7 heteroatoms. The summed E-state index contributed by atoms with van der Waals surface area (Å²) in [5.74, 6) is 0.521. The van der Waals surface area contributed by atoms with Crippen molar-refractivity contribution in [3.8, 4) is 0 Å². The summed E-state index contributed by atoms with van der Waals surface area (Å²) < 4.78 is 0. The summed E-state index contributed by atoms with van der Waals surface area (Å²) in [7, 11) is 0. The molecule has 0 amide bonds. The van der Waals surface area contributed by atoms with Crippen molar-refractivity contribution in [2.75, 3.05) is 17.2 Å². The first kappa shape index (κ1) is 28.5. The van der Waals surface area contributed by atoms with Crippen molar-refractivity contribution >= 4 is 17.3 Å². The Morgan fingerprint density at radius 3 is 1.86 bits per heavy atom. The van der Waals surface area contributed by atoms with Crippen LogP contribution < -0.4 is 10.6 Å². The zero-order valence-corrected chi connectivity index (χ0v) is 21.8. The highest BCUT2D eigenvalue weighted by atomic mass is 16.6. The third kappa shape index (κ3) is 11.5. The molecule has 0 aliphatic carbocycles. The zero-order chi connectivity index (χ0) is 25.1. The summed E-state index contributed by atoms with van der Waals surface area (Å²) in [6, 6.07) is 9.71. The van der Waals surface area contributed by atoms with Crippen LogP contribution in [0.15, 0.2) is 36.7 Å². The molecule has 2 N–H and O–H groups in total. The van der Waals surface area contributed by atoms with Gasteiger partial charge in [-0.15, -0.1) is 0 Å². The Bertz CT molecular complexity index is 831. The lowest BCUT2D eigenvalue weighted by Crippen LogP contribution is -2.13. The van der Waals surface area contributed by atoms with Gasteiger partial charge in [0, 0.05) is 6.54 Å². The lowest BCUT2D eigenvalue weighted by Gasteiger charge is -2.15. The van der Waals surface area contributed by atoms with Crippen LogP contribution in [0.25, 0.3) is 0 Å². The first-order valence-electron chi connectivity index (χ1n) is 13.7. The van der Waals surface area contributed by atoms with Crippen LogP contribution in [0, 0.1) is 10.1 Å². The fraction of sp³-hybridized carbons (Fsp3) is 0.643. The van der Waals surface area contributed by atoms with Gasteiger partial charge < -0.3 is 10.6 Å². The number of aromatic nitrogens is 2. The van der Waals surface area contributed by atoms with Crippen molar-refractivity contribution in [1.29, 1.82) is 0 Å². The van der Waals surface area contributed by atoms with Gasteiger partial charge in [0.25, 0.3) is 0 Å². The third-order valence-electron chi connectivity index (χ3n) is 6.48. The number of unbranched alkanes of at least 4 members (excludes halogenated alkanes) is 13. The minimum atomic E-state index is -0.409. The number of rotatable bonds is 20. The summed E-state index contributed by atoms with van der Waals surface area (Å²) in [6.07, 6.45) is 19.7. The molecule has 2 aromatic rings. The number of anilines is 2. The molecule has 2 rings (SSSR count). The monoisotopic (exact) mass is 483 g/mol. The van der Waals surface area contributed by atoms with Gasteiger partial charge in [-0.3, -0.25) is 10.1 Å². The maximum Gasteiger partial charge on any atom is 0.353 e. The van der Waals surface area contributed by atoms with E-state index in [2.05, 4.69) is 27.5 Å². The van der Waals surface area contributed by atoms with Crippen molar-refractivity contribution < 1.29 is 4.92 Å². The van der Waals surface area contributed by atoms with Crippen LogP contribution in [0.3, 0.4) is 0 Å². The molecule has 0 saturated carbocycles. The van der Waals surface area contributed by atoms with Crippen LogP contribution in [0.1, 0.15) is 115 Å². The van der Waals surface area contributed by atoms with Gasteiger partial charge in [-0.2, -0.15) is 0 Å². The molecule has 0 aliphatic heterocycles.